The second-order valence-electron chi connectivity index (χ2n) is 7.92. The van der Waals surface area contributed by atoms with Crippen LogP contribution in [0.2, 0.25) is 5.28 Å². The van der Waals surface area contributed by atoms with E-state index in [0.29, 0.717) is 6.42 Å². The summed E-state index contributed by atoms with van der Waals surface area (Å²) in [5, 5.41) is 14.2. The molecule has 0 aliphatic heterocycles. The van der Waals surface area contributed by atoms with Crippen molar-refractivity contribution in [3.8, 4) is 0 Å². The van der Waals surface area contributed by atoms with Crippen LogP contribution < -0.4 is 11.1 Å². The molecular weight excluding hydrogens is 445 g/mol. The van der Waals surface area contributed by atoms with Gasteiger partial charge in [-0.3, -0.25) is 14.9 Å². The molecule has 3 N–H and O–H groups in total. The molecule has 1 aromatic heterocycles. The van der Waals surface area contributed by atoms with Gasteiger partial charge in [-0.05, 0) is 54.0 Å². The lowest BCUT2D eigenvalue weighted by Gasteiger charge is -2.35. The number of hydrogen-bond acceptors (Lipinski definition) is 7. The number of fused-ring (bicyclic) bond motifs is 2. The van der Waals surface area contributed by atoms with Crippen molar-refractivity contribution in [2.75, 3.05) is 11.1 Å². The number of thioether (sulfide) groups is 1. The van der Waals surface area contributed by atoms with E-state index < -0.39 is 22.6 Å². The quantitative estimate of drug-likeness (QED) is 0.347. The second-order valence-corrected chi connectivity index (χ2v) is 9.60. The fraction of sp³-hybridized carbons (Fsp3) is 0.450. The number of aromatic nitrogens is 2. The van der Waals surface area contributed by atoms with Crippen LogP contribution >= 0.6 is 23.4 Å². The number of primary amides is 1. The molecular formula is C20H21ClFN5O3S. The normalized spacial score (nSPS) is 26.7. The van der Waals surface area contributed by atoms with E-state index >= 15 is 0 Å². The highest BCUT2D eigenvalue weighted by Crippen LogP contribution is 2.53. The van der Waals surface area contributed by atoms with E-state index in [2.05, 4.69) is 15.3 Å². The van der Waals surface area contributed by atoms with Crippen molar-refractivity contribution in [2.45, 2.75) is 30.6 Å². The van der Waals surface area contributed by atoms with E-state index in [1.165, 1.54) is 6.07 Å². The third kappa shape index (κ3) is 4.59. The molecule has 4 rings (SSSR count). The van der Waals surface area contributed by atoms with Crippen LogP contribution in [0.5, 0.6) is 0 Å². The number of amides is 1. The number of anilines is 1. The minimum atomic E-state index is -0.634. The van der Waals surface area contributed by atoms with E-state index in [0.717, 1.165) is 30.4 Å². The van der Waals surface area contributed by atoms with E-state index in [9.17, 15) is 19.3 Å². The summed E-state index contributed by atoms with van der Waals surface area (Å²) >= 11 is 7.58. The number of benzene rings is 1. The Labute approximate surface area is 187 Å². The maximum absolute atomic E-state index is 14.2. The van der Waals surface area contributed by atoms with E-state index in [1.807, 2.05) is 6.07 Å². The molecule has 2 bridgehead atoms. The van der Waals surface area contributed by atoms with Gasteiger partial charge in [0, 0.05) is 23.4 Å². The lowest BCUT2D eigenvalue weighted by molar-refractivity contribution is -0.384. The Bertz CT molecular complexity index is 1010. The number of carbonyl (C=O) groups is 1. The van der Waals surface area contributed by atoms with Crippen LogP contribution in [0.15, 0.2) is 30.5 Å². The number of rotatable bonds is 8. The Balaban J connectivity index is 1.43. The third-order valence-electron chi connectivity index (χ3n) is 6.13. The van der Waals surface area contributed by atoms with Gasteiger partial charge in [-0.25, -0.2) is 9.37 Å². The highest BCUT2D eigenvalue weighted by molar-refractivity contribution is 7.99. The van der Waals surface area contributed by atoms with Gasteiger partial charge in [0.05, 0.1) is 17.0 Å². The van der Waals surface area contributed by atoms with Crippen LogP contribution in [0.3, 0.4) is 0 Å². The average molecular weight is 466 g/mol. The molecule has 1 aromatic carbocycles. The van der Waals surface area contributed by atoms with Gasteiger partial charge < -0.3 is 11.1 Å². The first-order chi connectivity index (χ1) is 14.8. The topological polar surface area (TPSA) is 124 Å². The summed E-state index contributed by atoms with van der Waals surface area (Å²) in [5.74, 6) is -0.398. The third-order valence-corrected chi connectivity index (χ3v) is 7.73. The molecule has 2 saturated carbocycles. The molecule has 0 unspecified atom stereocenters. The van der Waals surface area contributed by atoms with Crippen molar-refractivity contribution in [2.24, 2.45) is 23.5 Å². The van der Waals surface area contributed by atoms with Crippen molar-refractivity contribution >= 4 is 40.8 Å². The maximum Gasteiger partial charge on any atom is 0.269 e. The zero-order valence-corrected chi connectivity index (χ0v) is 18.0. The van der Waals surface area contributed by atoms with Crippen LogP contribution in [0, 0.1) is 33.7 Å². The van der Waals surface area contributed by atoms with Crippen molar-refractivity contribution < 1.29 is 14.1 Å². The summed E-state index contributed by atoms with van der Waals surface area (Å²) in [6, 6.07) is 6.31. The molecule has 11 heteroatoms. The van der Waals surface area contributed by atoms with Crippen molar-refractivity contribution in [3.63, 3.8) is 0 Å². The highest BCUT2D eigenvalue weighted by atomic mass is 35.5. The van der Waals surface area contributed by atoms with Crippen LogP contribution in [-0.2, 0) is 11.2 Å². The van der Waals surface area contributed by atoms with E-state index in [1.54, 1.807) is 23.9 Å². The Morgan fingerprint density at radius 3 is 2.97 bits per heavy atom. The first kappa shape index (κ1) is 21.8. The number of nitrogens with one attached hydrogen (secondary N) is 1. The molecule has 164 valence electrons. The van der Waals surface area contributed by atoms with Crippen LogP contribution in [0.1, 0.15) is 18.4 Å². The van der Waals surface area contributed by atoms with Gasteiger partial charge in [0.25, 0.3) is 5.69 Å². The predicted octanol–water partition coefficient (Wildman–Crippen LogP) is 3.44. The molecule has 2 aliphatic rings. The summed E-state index contributed by atoms with van der Waals surface area (Å²) in [6.07, 6.45) is 3.40. The smallest absolute Gasteiger partial charge is 0.269 e. The molecule has 0 saturated heterocycles. The van der Waals surface area contributed by atoms with Crippen LogP contribution in [0.4, 0.5) is 15.9 Å². The standard InChI is InChI=1S/C20H21ClFN5O3S/c21-20-24-9-14(22)19(26-20)25-17-13-7-11(16(17)18(23)28)8-15(13)31-5-4-10-2-1-3-12(6-10)27(29)30/h1-3,6,9,11,13,15-17H,4-5,7-8H2,(H2,23,28)(H,24,25,26)/t11-,13+,15+,16-,17+/m0/s1. The highest BCUT2D eigenvalue weighted by Gasteiger charge is 2.55. The molecule has 31 heavy (non-hydrogen) atoms. The molecule has 8 nitrogen and oxygen atoms in total. The van der Waals surface area contributed by atoms with Crippen LogP contribution in [0.25, 0.3) is 0 Å². The van der Waals surface area contributed by atoms with Crippen molar-refractivity contribution in [3.05, 3.63) is 57.2 Å². The maximum atomic E-state index is 14.2. The molecule has 2 fully saturated rings. The molecule has 2 aromatic rings. The molecule has 2 aliphatic carbocycles. The summed E-state index contributed by atoms with van der Waals surface area (Å²) in [7, 11) is 0. The van der Waals surface area contributed by atoms with Crippen LogP contribution in [-0.4, -0.2) is 37.8 Å². The largest absolute Gasteiger partial charge is 0.369 e. The fourth-order valence-corrected chi connectivity index (χ4v) is 6.56. The predicted molar refractivity (Wildman–Crippen MR) is 116 cm³/mol. The number of aryl methyl sites for hydroxylation is 1. The Kier molecular flexibility index (Phi) is 6.29. The SMILES string of the molecule is NC(=O)[C@H]1[C@H]2C[C@@H]([C@H]1Nc1nc(Cl)ncc1F)[C@H](SCCc1cccc([N+](=O)[O-])c1)C2. The number of nitro groups is 1. The van der Waals surface area contributed by atoms with E-state index in [-0.39, 0.29) is 39.9 Å². The van der Waals surface area contributed by atoms with Gasteiger partial charge in [-0.1, -0.05) is 12.1 Å². The van der Waals surface area contributed by atoms with Gasteiger partial charge in [-0.2, -0.15) is 16.7 Å². The first-order valence-electron chi connectivity index (χ1n) is 9.92. The fourth-order valence-electron chi connectivity index (χ4n) is 4.86. The van der Waals surface area contributed by atoms with Crippen molar-refractivity contribution in [1.82, 2.24) is 9.97 Å². The van der Waals surface area contributed by atoms with Gasteiger partial charge in [0.2, 0.25) is 11.2 Å². The zero-order chi connectivity index (χ0) is 22.1. The van der Waals surface area contributed by atoms with Gasteiger partial charge >= 0.3 is 0 Å². The Morgan fingerprint density at radius 1 is 1.42 bits per heavy atom. The number of nitrogens with zero attached hydrogens (tertiary/aromatic N) is 3. The van der Waals surface area contributed by atoms with Crippen molar-refractivity contribution in [1.29, 1.82) is 0 Å². The molecule has 1 amide bonds. The Morgan fingerprint density at radius 2 is 2.23 bits per heavy atom. The summed E-state index contributed by atoms with van der Waals surface area (Å²) in [5.41, 5.74) is 6.66. The van der Waals surface area contributed by atoms with E-state index in [4.69, 9.17) is 17.3 Å². The zero-order valence-electron chi connectivity index (χ0n) is 16.4. The number of nitrogens with two attached hydrogens (primary N) is 1. The lowest BCUT2D eigenvalue weighted by Crippen LogP contribution is -2.46. The van der Waals surface area contributed by atoms with Gasteiger partial charge in [0.15, 0.2) is 11.6 Å². The minimum Gasteiger partial charge on any atom is -0.369 e. The summed E-state index contributed by atoms with van der Waals surface area (Å²) in [4.78, 5) is 30.2. The number of carbonyl (C=O) groups excluding carboxylic acids is 1. The number of halogens is 2. The number of nitro benzene ring substituents is 1. The lowest BCUT2D eigenvalue weighted by atomic mass is 9.83. The molecule has 1 heterocycles. The molecule has 0 radical (unpaired) electrons. The number of non-ortho nitro benzene ring substituents is 1. The first-order valence-corrected chi connectivity index (χ1v) is 11.3. The number of hydrogen-bond donors (Lipinski definition) is 2. The second kappa shape index (κ2) is 8.96. The van der Waals surface area contributed by atoms with Gasteiger partial charge in [0.1, 0.15) is 0 Å². The van der Waals surface area contributed by atoms with Gasteiger partial charge in [-0.15, -0.1) is 0 Å². The monoisotopic (exact) mass is 465 g/mol. The average Bonchev–Trinajstić information content (AvgIpc) is 3.29. The Hall–Kier alpha value is -2.46. The summed E-state index contributed by atoms with van der Waals surface area (Å²) < 4.78 is 14.2. The summed E-state index contributed by atoms with van der Waals surface area (Å²) in [6.45, 7) is 0. The molecule has 0 spiro atoms. The minimum absolute atomic E-state index is 0.0239. The molecule has 5 atom stereocenters.